The highest BCUT2D eigenvalue weighted by Gasteiger charge is 2.23. The van der Waals surface area contributed by atoms with Gasteiger partial charge >= 0.3 is 0 Å². The van der Waals surface area contributed by atoms with Gasteiger partial charge < -0.3 is 59.4 Å². The van der Waals surface area contributed by atoms with Crippen molar-refractivity contribution in [2.75, 3.05) is 53.4 Å². The Bertz CT molecular complexity index is 1490. The van der Waals surface area contributed by atoms with Crippen molar-refractivity contribution in [2.24, 2.45) is 33.7 Å². The van der Waals surface area contributed by atoms with Crippen molar-refractivity contribution < 1.29 is 28.5 Å². The number of hydrogen-bond acceptors (Lipinski definition) is 8. The Morgan fingerprint density at radius 2 is 1.34 bits per heavy atom. The molecule has 5 amide bonds. The van der Waals surface area contributed by atoms with E-state index in [0.29, 0.717) is 58.3 Å². The minimum Gasteiger partial charge on any atom is -0.370 e. The first-order chi connectivity index (χ1) is 25.2. The highest BCUT2D eigenvalue weighted by atomic mass is 16.2. The molecule has 0 saturated carbocycles. The molecule has 0 radical (unpaired) electrons. The van der Waals surface area contributed by atoms with Crippen LogP contribution in [0.1, 0.15) is 69.8 Å². The second-order valence-electron chi connectivity index (χ2n) is 14.2. The van der Waals surface area contributed by atoms with Gasteiger partial charge in [-0.05, 0) is 63.0 Å². The Labute approximate surface area is 312 Å². The lowest BCUT2D eigenvalue weighted by Gasteiger charge is -2.30. The van der Waals surface area contributed by atoms with E-state index in [1.807, 2.05) is 24.3 Å². The zero-order valence-corrected chi connectivity index (χ0v) is 31.5. The van der Waals surface area contributed by atoms with Crippen molar-refractivity contribution in [1.29, 1.82) is 0 Å². The summed E-state index contributed by atoms with van der Waals surface area (Å²) in [4.78, 5) is 68.7. The molecule has 0 saturated heterocycles. The zero-order chi connectivity index (χ0) is 39.2. The zero-order valence-electron chi connectivity index (χ0n) is 31.5. The maximum Gasteiger partial charge on any atom is 0.243 e. The van der Waals surface area contributed by atoms with Crippen LogP contribution < -0.4 is 49.9 Å². The van der Waals surface area contributed by atoms with Gasteiger partial charge in [0, 0.05) is 49.7 Å². The maximum atomic E-state index is 12.8. The number of H-pyrrole nitrogens is 1. The van der Waals surface area contributed by atoms with Crippen molar-refractivity contribution >= 4 is 46.4 Å². The van der Waals surface area contributed by atoms with Gasteiger partial charge in [0.2, 0.25) is 29.5 Å². The third-order valence-corrected chi connectivity index (χ3v) is 8.94. The molecule has 53 heavy (non-hydrogen) atoms. The van der Waals surface area contributed by atoms with E-state index in [1.165, 1.54) is 0 Å². The van der Waals surface area contributed by atoms with E-state index in [-0.39, 0.29) is 36.5 Å². The second kappa shape index (κ2) is 23.7. The molecule has 1 aromatic heterocycles. The van der Waals surface area contributed by atoms with E-state index in [9.17, 15) is 24.0 Å². The van der Waals surface area contributed by atoms with Gasteiger partial charge in [0.25, 0.3) is 0 Å². The van der Waals surface area contributed by atoms with E-state index in [4.69, 9.17) is 28.7 Å². The molecular weight excluding hydrogens is 680 g/mol. The number of para-hydroxylation sites is 1. The molecular formula is C36H63N12O5+. The molecule has 0 spiro atoms. The molecule has 0 bridgehead atoms. The molecule has 0 aliphatic rings. The summed E-state index contributed by atoms with van der Waals surface area (Å²) in [5, 5.41) is 12.1. The number of quaternary nitrogens is 1. The number of amides is 5. The lowest BCUT2D eigenvalue weighted by Crippen LogP contribution is -2.49. The van der Waals surface area contributed by atoms with E-state index < -0.39 is 29.9 Å². The van der Waals surface area contributed by atoms with Crippen LogP contribution in [0.25, 0.3) is 10.9 Å². The fourth-order valence-corrected chi connectivity index (χ4v) is 5.86. The summed E-state index contributed by atoms with van der Waals surface area (Å²) in [6.45, 7) is 3.61. The summed E-state index contributed by atoms with van der Waals surface area (Å²) >= 11 is 0. The van der Waals surface area contributed by atoms with E-state index in [0.717, 1.165) is 59.7 Å². The van der Waals surface area contributed by atoms with Crippen molar-refractivity contribution in [1.82, 2.24) is 26.3 Å². The number of hydrogen-bond donors (Lipinski definition) is 10. The molecule has 0 aliphatic carbocycles. The quantitative estimate of drug-likeness (QED) is 0.0230. The number of carbonyl (C=O) groups excluding carboxylic acids is 5. The molecule has 17 nitrogen and oxygen atoms in total. The minimum absolute atomic E-state index is 0.0262. The highest BCUT2D eigenvalue weighted by molar-refractivity contribution is 5.94. The molecule has 1 aromatic carbocycles. The third-order valence-electron chi connectivity index (χ3n) is 8.94. The lowest BCUT2D eigenvalue weighted by atomic mass is 10.1. The summed E-state index contributed by atoms with van der Waals surface area (Å²) in [5.41, 5.74) is 29.7. The van der Waals surface area contributed by atoms with E-state index in [2.05, 4.69) is 45.3 Å². The number of primary amides is 1. The number of fused-ring (bicyclic) bond motifs is 1. The Balaban J connectivity index is 1.54. The van der Waals surface area contributed by atoms with Crippen LogP contribution in [0, 0.1) is 0 Å². The fourth-order valence-electron chi connectivity index (χ4n) is 5.86. The molecule has 2 aromatic rings. The Hall–Kier alpha value is -4.74. The second-order valence-corrected chi connectivity index (χ2v) is 14.2. The number of unbranched alkanes of at least 4 members (excludes halogenated alkanes) is 3. The summed E-state index contributed by atoms with van der Waals surface area (Å²) < 4.78 is 0.786. The maximum absolute atomic E-state index is 12.8. The highest BCUT2D eigenvalue weighted by Crippen LogP contribution is 2.18. The average Bonchev–Trinajstić information content (AvgIpc) is 3.51. The van der Waals surface area contributed by atoms with Gasteiger partial charge in [-0.3, -0.25) is 29.0 Å². The van der Waals surface area contributed by atoms with Crippen LogP contribution in [0.4, 0.5) is 0 Å². The number of carbonyl (C=O) groups is 5. The molecule has 0 fully saturated rings. The number of benzene rings is 1. The van der Waals surface area contributed by atoms with Crippen molar-refractivity contribution in [2.45, 2.75) is 88.8 Å². The van der Waals surface area contributed by atoms with Crippen LogP contribution in [0.15, 0.2) is 35.5 Å². The number of rotatable bonds is 27. The molecule has 3 atom stereocenters. The molecule has 0 aliphatic heterocycles. The minimum atomic E-state index is -1.07. The standard InChI is InChI=1S/C36H62N12O5/c1-48(2,21-11-19-43-34(52)28(38)14-10-18-45-36(40)41)20-9-6-13-27(37)33(51)42-16-7-3-8-17-44-35(53)30(23-31(39)49)47-32(50)22-25-24-46-29-15-5-4-12-26(25)29/h4-5,12,15,24,27-28,30,46H,3,6-11,13-14,16-23,37-38H2,1-2H3,(H9-,39,40,41,42,43,44,45,47,49,50,51,52,53)/p+1/t27-,28-,30-/m0/s1. The van der Waals surface area contributed by atoms with Crippen molar-refractivity contribution in [3.8, 4) is 0 Å². The number of aromatic nitrogens is 1. The molecule has 15 N–H and O–H groups in total. The van der Waals surface area contributed by atoms with Gasteiger partial charge in [-0.15, -0.1) is 0 Å². The van der Waals surface area contributed by atoms with Crippen LogP contribution in [0.2, 0.25) is 0 Å². The Morgan fingerprint density at radius 3 is 1.98 bits per heavy atom. The number of guanidine groups is 1. The monoisotopic (exact) mass is 744 g/mol. The van der Waals surface area contributed by atoms with Crippen LogP contribution in [-0.2, 0) is 30.4 Å². The van der Waals surface area contributed by atoms with Crippen molar-refractivity contribution in [3.05, 3.63) is 36.0 Å². The predicted octanol–water partition coefficient (Wildman–Crippen LogP) is -1.07. The molecule has 1 heterocycles. The SMILES string of the molecule is C[N+](C)(CCCC[C@H](N)C(=O)NCCCCCNC(=O)[C@H](CC(N)=O)NC(=O)Cc1c[nH]c2ccccc12)CCCNC(=O)[C@@H](N)CCCN=C(N)N. The molecule has 17 heteroatoms. The Kier molecular flexibility index (Phi) is 19.9. The van der Waals surface area contributed by atoms with E-state index >= 15 is 0 Å². The summed E-state index contributed by atoms with van der Waals surface area (Å²) in [5.74, 6) is -1.90. The van der Waals surface area contributed by atoms with Gasteiger partial charge in [0.05, 0.1) is 52.1 Å². The van der Waals surface area contributed by atoms with Gasteiger partial charge in [-0.25, -0.2) is 0 Å². The normalized spacial score (nSPS) is 13.1. The van der Waals surface area contributed by atoms with Crippen LogP contribution in [-0.4, -0.2) is 116 Å². The lowest BCUT2D eigenvalue weighted by molar-refractivity contribution is -0.890. The number of aromatic amines is 1. The molecule has 296 valence electrons. The first-order valence-corrected chi connectivity index (χ1v) is 18.5. The number of nitrogens with zero attached hydrogens (tertiary/aromatic N) is 2. The molecule has 2 rings (SSSR count). The number of aliphatic imine (C=N–C) groups is 1. The van der Waals surface area contributed by atoms with Crippen LogP contribution in [0.5, 0.6) is 0 Å². The number of nitrogens with one attached hydrogen (secondary N) is 5. The van der Waals surface area contributed by atoms with Crippen LogP contribution >= 0.6 is 0 Å². The largest absolute Gasteiger partial charge is 0.370 e. The van der Waals surface area contributed by atoms with Gasteiger partial charge in [-0.1, -0.05) is 18.2 Å². The first kappa shape index (κ1) is 44.4. The van der Waals surface area contributed by atoms with Crippen molar-refractivity contribution in [3.63, 3.8) is 0 Å². The topological polar surface area (TPSA) is 292 Å². The summed E-state index contributed by atoms with van der Waals surface area (Å²) in [6.07, 6.45) is 7.86. The molecule has 0 unspecified atom stereocenters. The van der Waals surface area contributed by atoms with E-state index in [1.54, 1.807) is 6.20 Å². The van der Waals surface area contributed by atoms with Gasteiger partial charge in [-0.2, -0.15) is 0 Å². The average molecular weight is 744 g/mol. The third kappa shape index (κ3) is 18.5. The summed E-state index contributed by atoms with van der Waals surface area (Å²) in [6, 6.07) is 5.34. The Morgan fingerprint density at radius 1 is 0.755 bits per heavy atom. The predicted molar refractivity (Wildman–Crippen MR) is 207 cm³/mol. The van der Waals surface area contributed by atoms with Crippen LogP contribution in [0.3, 0.4) is 0 Å². The fraction of sp³-hybridized carbons (Fsp3) is 0.611. The summed E-state index contributed by atoms with van der Waals surface area (Å²) in [7, 11) is 4.28. The van der Waals surface area contributed by atoms with Gasteiger partial charge in [0.15, 0.2) is 5.96 Å². The van der Waals surface area contributed by atoms with Gasteiger partial charge in [0.1, 0.15) is 6.04 Å². The smallest absolute Gasteiger partial charge is 0.243 e. The number of nitrogens with two attached hydrogens (primary N) is 5. The first-order valence-electron chi connectivity index (χ1n) is 18.5.